The fourth-order valence-electron chi connectivity index (χ4n) is 1.40. The van der Waals surface area contributed by atoms with E-state index < -0.39 is 26.8 Å². The van der Waals surface area contributed by atoms with Gasteiger partial charge in [0.05, 0.1) is 11.6 Å². The van der Waals surface area contributed by atoms with Gasteiger partial charge in [0, 0.05) is 5.69 Å². The zero-order valence-electron chi connectivity index (χ0n) is 9.90. The normalized spacial score (nSPS) is 10.8. The number of rotatable bonds is 4. The van der Waals surface area contributed by atoms with E-state index in [0.29, 0.717) is 5.56 Å². The number of carbonyl (C=O) groups is 1. The molecule has 0 saturated heterocycles. The lowest BCUT2D eigenvalue weighted by Gasteiger charge is -2.05. The van der Waals surface area contributed by atoms with E-state index in [0.717, 1.165) is 12.1 Å². The molecule has 0 atom stereocenters. The summed E-state index contributed by atoms with van der Waals surface area (Å²) in [5, 5.41) is 16.8. The summed E-state index contributed by atoms with van der Waals surface area (Å²) in [6, 6.07) is 9.73. The molecule has 2 rings (SSSR count). The second-order valence-corrected chi connectivity index (χ2v) is 5.33. The molecule has 2 aromatic rings. The van der Waals surface area contributed by atoms with Gasteiger partial charge in [-0.05, 0) is 36.4 Å². The predicted octanol–water partition coefficient (Wildman–Crippen LogP) is 1.65. The van der Waals surface area contributed by atoms with Crippen molar-refractivity contribution in [1.29, 1.82) is 5.26 Å². The Labute approximate surface area is 114 Å². The number of sulfonamides is 1. The van der Waals surface area contributed by atoms with E-state index in [1.54, 1.807) is 0 Å². The first kappa shape index (κ1) is 13.6. The fraction of sp³-hybridized carbons (Fsp3) is 0. The largest absolute Gasteiger partial charge is 0.475 e. The van der Waals surface area contributed by atoms with Crippen molar-refractivity contribution in [3.05, 3.63) is 47.7 Å². The number of nitriles is 1. The minimum absolute atomic E-state index is 0.234. The summed E-state index contributed by atoms with van der Waals surface area (Å²) in [6.07, 6.45) is 0. The zero-order valence-corrected chi connectivity index (χ0v) is 10.7. The van der Waals surface area contributed by atoms with Crippen LogP contribution in [0.4, 0.5) is 5.69 Å². The Bertz CT molecular complexity index is 784. The zero-order chi connectivity index (χ0) is 14.8. The molecule has 0 unspecified atom stereocenters. The van der Waals surface area contributed by atoms with Gasteiger partial charge >= 0.3 is 5.97 Å². The Kier molecular flexibility index (Phi) is 3.45. The monoisotopic (exact) mass is 292 g/mol. The topological polar surface area (TPSA) is 120 Å². The van der Waals surface area contributed by atoms with Crippen LogP contribution in [0.1, 0.15) is 16.1 Å². The molecule has 102 valence electrons. The van der Waals surface area contributed by atoms with Gasteiger partial charge in [0.1, 0.15) is 0 Å². The Morgan fingerprint density at radius 3 is 2.35 bits per heavy atom. The molecule has 1 aromatic heterocycles. The Morgan fingerprint density at radius 2 is 1.85 bits per heavy atom. The second-order valence-electron chi connectivity index (χ2n) is 3.72. The lowest BCUT2D eigenvalue weighted by molar-refractivity contribution is 0.0656. The average Bonchev–Trinajstić information content (AvgIpc) is 2.90. The number of carboxylic acid groups (broad SMARTS) is 1. The molecule has 0 aliphatic rings. The van der Waals surface area contributed by atoms with E-state index in [1.807, 2.05) is 6.07 Å². The highest BCUT2D eigenvalue weighted by Gasteiger charge is 2.21. The first-order valence-corrected chi connectivity index (χ1v) is 6.77. The minimum atomic E-state index is -4.01. The summed E-state index contributed by atoms with van der Waals surface area (Å²) < 4.78 is 30.8. The van der Waals surface area contributed by atoms with E-state index in [1.165, 1.54) is 24.3 Å². The van der Waals surface area contributed by atoms with Gasteiger partial charge in [0.15, 0.2) is 0 Å². The van der Waals surface area contributed by atoms with Gasteiger partial charge in [-0.15, -0.1) is 0 Å². The van der Waals surface area contributed by atoms with Gasteiger partial charge in [0.2, 0.25) is 10.9 Å². The number of hydrogen-bond donors (Lipinski definition) is 2. The molecule has 0 fully saturated rings. The van der Waals surface area contributed by atoms with E-state index in [4.69, 9.17) is 14.8 Å². The molecule has 0 aliphatic carbocycles. The number of anilines is 1. The van der Waals surface area contributed by atoms with Gasteiger partial charge in [-0.1, -0.05) is 0 Å². The molecule has 0 bridgehead atoms. The summed E-state index contributed by atoms with van der Waals surface area (Å²) in [4.78, 5) is 10.6. The standard InChI is InChI=1S/C12H8N2O5S/c13-7-8-1-3-9(4-2-8)14-20(17,18)11-6-5-10(19-11)12(15)16/h1-6,14H,(H,15,16). The van der Waals surface area contributed by atoms with Crippen LogP contribution in [0.2, 0.25) is 0 Å². The van der Waals surface area contributed by atoms with Crippen LogP contribution in [-0.4, -0.2) is 19.5 Å². The SMILES string of the molecule is N#Cc1ccc(NS(=O)(=O)c2ccc(C(=O)O)o2)cc1. The predicted molar refractivity (Wildman–Crippen MR) is 67.6 cm³/mol. The highest BCUT2D eigenvalue weighted by Crippen LogP contribution is 2.18. The van der Waals surface area contributed by atoms with Crippen molar-refractivity contribution in [1.82, 2.24) is 0 Å². The summed E-state index contributed by atoms with van der Waals surface area (Å²) in [7, 11) is -4.01. The molecule has 1 aromatic carbocycles. The molecule has 8 heteroatoms. The lowest BCUT2D eigenvalue weighted by Crippen LogP contribution is -2.12. The Morgan fingerprint density at radius 1 is 1.20 bits per heavy atom. The molecular formula is C12H8N2O5S. The van der Waals surface area contributed by atoms with Gasteiger partial charge in [-0.3, -0.25) is 4.72 Å². The van der Waals surface area contributed by atoms with E-state index >= 15 is 0 Å². The molecule has 1 heterocycles. The smallest absolute Gasteiger partial charge is 0.371 e. The first-order chi connectivity index (χ1) is 9.42. The molecule has 7 nitrogen and oxygen atoms in total. The van der Waals surface area contributed by atoms with Gasteiger partial charge < -0.3 is 9.52 Å². The van der Waals surface area contributed by atoms with Crippen LogP contribution >= 0.6 is 0 Å². The number of aromatic carboxylic acids is 1. The van der Waals surface area contributed by atoms with Crippen molar-refractivity contribution in [3.8, 4) is 6.07 Å². The average molecular weight is 292 g/mol. The molecule has 0 amide bonds. The lowest BCUT2D eigenvalue weighted by atomic mass is 10.2. The van der Waals surface area contributed by atoms with Crippen LogP contribution in [0, 0.1) is 11.3 Å². The first-order valence-electron chi connectivity index (χ1n) is 5.28. The molecule has 0 radical (unpaired) electrons. The highest BCUT2D eigenvalue weighted by atomic mass is 32.2. The van der Waals surface area contributed by atoms with E-state index in [-0.39, 0.29) is 5.69 Å². The van der Waals surface area contributed by atoms with Gasteiger partial charge in [0.25, 0.3) is 10.0 Å². The number of benzene rings is 1. The number of nitrogens with zero attached hydrogens (tertiary/aromatic N) is 1. The van der Waals surface area contributed by atoms with Crippen LogP contribution in [0.3, 0.4) is 0 Å². The number of hydrogen-bond acceptors (Lipinski definition) is 5. The number of nitrogens with one attached hydrogen (secondary N) is 1. The second kappa shape index (κ2) is 5.07. The summed E-state index contributed by atoms with van der Waals surface area (Å²) >= 11 is 0. The maximum atomic E-state index is 11.9. The molecular weight excluding hydrogens is 284 g/mol. The van der Waals surface area contributed by atoms with Crippen LogP contribution in [0.25, 0.3) is 0 Å². The van der Waals surface area contributed by atoms with Gasteiger partial charge in [-0.2, -0.15) is 13.7 Å². The highest BCUT2D eigenvalue weighted by molar-refractivity contribution is 7.92. The quantitative estimate of drug-likeness (QED) is 0.883. The van der Waals surface area contributed by atoms with Crippen LogP contribution in [0.15, 0.2) is 45.9 Å². The van der Waals surface area contributed by atoms with Crippen molar-refractivity contribution >= 4 is 21.7 Å². The Balaban J connectivity index is 2.25. The van der Waals surface area contributed by atoms with Crippen molar-refractivity contribution in [2.24, 2.45) is 0 Å². The van der Waals surface area contributed by atoms with E-state index in [9.17, 15) is 13.2 Å². The third-order valence-corrected chi connectivity index (χ3v) is 3.58. The fourth-order valence-corrected chi connectivity index (χ4v) is 2.39. The van der Waals surface area contributed by atoms with Gasteiger partial charge in [-0.25, -0.2) is 4.79 Å². The maximum Gasteiger partial charge on any atom is 0.371 e. The van der Waals surface area contributed by atoms with Crippen molar-refractivity contribution < 1.29 is 22.7 Å². The maximum absolute atomic E-state index is 11.9. The van der Waals surface area contributed by atoms with Crippen LogP contribution < -0.4 is 4.72 Å². The molecule has 0 aliphatic heterocycles. The third-order valence-electron chi connectivity index (χ3n) is 2.32. The summed E-state index contributed by atoms with van der Waals surface area (Å²) in [6.45, 7) is 0. The summed E-state index contributed by atoms with van der Waals surface area (Å²) in [5.74, 6) is -1.82. The van der Waals surface area contributed by atoms with Crippen molar-refractivity contribution in [2.45, 2.75) is 5.09 Å². The number of carboxylic acids is 1. The molecule has 0 spiro atoms. The van der Waals surface area contributed by atoms with E-state index in [2.05, 4.69) is 4.72 Å². The van der Waals surface area contributed by atoms with Crippen molar-refractivity contribution in [3.63, 3.8) is 0 Å². The number of furan rings is 1. The summed E-state index contributed by atoms with van der Waals surface area (Å²) in [5.41, 5.74) is 0.622. The van der Waals surface area contributed by atoms with Crippen LogP contribution in [0.5, 0.6) is 0 Å². The molecule has 0 saturated carbocycles. The molecule has 2 N–H and O–H groups in total. The van der Waals surface area contributed by atoms with Crippen LogP contribution in [-0.2, 0) is 10.0 Å². The minimum Gasteiger partial charge on any atom is -0.475 e. The Hall–Kier alpha value is -2.79. The van der Waals surface area contributed by atoms with Crippen molar-refractivity contribution in [2.75, 3.05) is 4.72 Å². The third kappa shape index (κ3) is 2.78. The molecule has 20 heavy (non-hydrogen) atoms.